The van der Waals surface area contributed by atoms with E-state index >= 15 is 0 Å². The van der Waals surface area contributed by atoms with Crippen LogP contribution >= 0.6 is 11.3 Å². The monoisotopic (exact) mass is 694 g/mol. The summed E-state index contributed by atoms with van der Waals surface area (Å²) in [7, 11) is 0. The molecule has 2 amide bonds. The fraction of sp³-hybridized carbons (Fsp3) is 0.268. The average molecular weight is 695 g/mol. The molecule has 256 valence electrons. The van der Waals surface area contributed by atoms with E-state index < -0.39 is 0 Å². The standard InChI is InChI=1S/C41H38N6O3S/c1-25-20-31(38(42-22-25)46-23-41(24-46)15-18-50-19-16-41)39(48)43-29-12-10-27(11-13-29)40(49)47-17-14-28-21-34(51-36(28)30-7-3-4-9-33(30)47)37-44-32-8-5-6-26(2)35(32)45-37/h3-13,20-22H,14-19,23-24H2,1-2H3,(H,43,48)(H,44,45). The highest BCUT2D eigenvalue weighted by molar-refractivity contribution is 7.19. The fourth-order valence-electron chi connectivity index (χ4n) is 7.78. The van der Waals surface area contributed by atoms with Crippen molar-refractivity contribution in [3.63, 3.8) is 0 Å². The molecule has 0 unspecified atom stereocenters. The van der Waals surface area contributed by atoms with Gasteiger partial charge in [0.2, 0.25) is 0 Å². The molecule has 0 atom stereocenters. The zero-order chi connectivity index (χ0) is 34.7. The largest absolute Gasteiger partial charge is 0.381 e. The number of carbonyl (C=O) groups excluding carboxylic acids is 2. The number of amides is 2. The van der Waals surface area contributed by atoms with Gasteiger partial charge in [-0.1, -0.05) is 30.3 Å². The number of pyridine rings is 1. The number of aromatic amines is 1. The average Bonchev–Trinajstić information content (AvgIpc) is 3.74. The second-order valence-electron chi connectivity index (χ2n) is 14.1. The minimum absolute atomic E-state index is 0.0755. The zero-order valence-corrected chi connectivity index (χ0v) is 29.5. The first-order chi connectivity index (χ1) is 24.8. The highest BCUT2D eigenvalue weighted by Crippen LogP contribution is 2.45. The summed E-state index contributed by atoms with van der Waals surface area (Å²) in [6.45, 7) is 7.96. The van der Waals surface area contributed by atoms with Gasteiger partial charge in [0.25, 0.3) is 11.8 Å². The van der Waals surface area contributed by atoms with Crippen molar-refractivity contribution in [1.82, 2.24) is 15.0 Å². The van der Waals surface area contributed by atoms with Crippen LogP contribution in [0.25, 0.3) is 32.2 Å². The van der Waals surface area contributed by atoms with Gasteiger partial charge in [0.05, 0.1) is 27.2 Å². The number of para-hydroxylation sites is 2. The van der Waals surface area contributed by atoms with Crippen LogP contribution in [0, 0.1) is 19.3 Å². The van der Waals surface area contributed by atoms with E-state index in [2.05, 4.69) is 45.3 Å². The van der Waals surface area contributed by atoms with Crippen LogP contribution in [0.4, 0.5) is 17.2 Å². The predicted molar refractivity (Wildman–Crippen MR) is 203 cm³/mol. The lowest BCUT2D eigenvalue weighted by Gasteiger charge is -2.53. The van der Waals surface area contributed by atoms with Gasteiger partial charge in [-0.25, -0.2) is 9.97 Å². The molecule has 0 radical (unpaired) electrons. The van der Waals surface area contributed by atoms with E-state index in [-0.39, 0.29) is 17.2 Å². The Morgan fingerprint density at radius 1 is 0.961 bits per heavy atom. The number of rotatable bonds is 5. The number of hydrogen-bond acceptors (Lipinski definition) is 7. The molecule has 2 N–H and O–H groups in total. The number of anilines is 3. The second kappa shape index (κ2) is 12.5. The number of H-pyrrole nitrogens is 1. The van der Waals surface area contributed by atoms with Crippen LogP contribution < -0.4 is 15.1 Å². The number of ether oxygens (including phenoxy) is 1. The first-order valence-electron chi connectivity index (χ1n) is 17.5. The minimum atomic E-state index is -0.210. The highest BCUT2D eigenvalue weighted by Gasteiger charge is 2.45. The molecule has 3 aliphatic heterocycles. The molecular formula is C41H38N6O3S. The fourth-order valence-corrected chi connectivity index (χ4v) is 8.97. The van der Waals surface area contributed by atoms with E-state index in [0.717, 1.165) is 94.8 Å². The summed E-state index contributed by atoms with van der Waals surface area (Å²) in [6.07, 6.45) is 4.63. The van der Waals surface area contributed by atoms with E-state index in [1.165, 1.54) is 11.1 Å². The van der Waals surface area contributed by atoms with Gasteiger partial charge in [0, 0.05) is 66.2 Å². The van der Waals surface area contributed by atoms with Crippen molar-refractivity contribution in [2.24, 2.45) is 5.41 Å². The quantitative estimate of drug-likeness (QED) is 0.189. The Kier molecular flexibility index (Phi) is 7.74. The smallest absolute Gasteiger partial charge is 0.259 e. The summed E-state index contributed by atoms with van der Waals surface area (Å²) >= 11 is 1.71. The van der Waals surface area contributed by atoms with E-state index in [4.69, 9.17) is 9.72 Å². The number of nitrogens with zero attached hydrogens (tertiary/aromatic N) is 4. The number of aromatic nitrogens is 3. The van der Waals surface area contributed by atoms with Crippen molar-refractivity contribution in [1.29, 1.82) is 0 Å². The van der Waals surface area contributed by atoms with Crippen LogP contribution in [0.2, 0.25) is 0 Å². The molecule has 0 bridgehead atoms. The van der Waals surface area contributed by atoms with Crippen molar-refractivity contribution < 1.29 is 14.3 Å². The molecule has 51 heavy (non-hydrogen) atoms. The Hall–Kier alpha value is -5.32. The molecule has 0 saturated carbocycles. The Balaban J connectivity index is 0.929. The van der Waals surface area contributed by atoms with Gasteiger partial charge >= 0.3 is 0 Å². The Labute approximate surface area is 300 Å². The van der Waals surface area contributed by atoms with Crippen molar-refractivity contribution in [2.75, 3.05) is 48.0 Å². The number of benzene rings is 3. The van der Waals surface area contributed by atoms with E-state index in [9.17, 15) is 9.59 Å². The van der Waals surface area contributed by atoms with Gasteiger partial charge in [0.15, 0.2) is 0 Å². The molecule has 10 heteroatoms. The molecule has 1 spiro atoms. The van der Waals surface area contributed by atoms with Gasteiger partial charge in [-0.05, 0) is 98.3 Å². The summed E-state index contributed by atoms with van der Waals surface area (Å²) in [5, 5.41) is 3.05. The maximum absolute atomic E-state index is 14.1. The van der Waals surface area contributed by atoms with E-state index in [0.29, 0.717) is 23.4 Å². The van der Waals surface area contributed by atoms with Gasteiger partial charge in [0.1, 0.15) is 11.6 Å². The number of carbonyl (C=O) groups is 2. The summed E-state index contributed by atoms with van der Waals surface area (Å²) in [6, 6.07) is 25.6. The van der Waals surface area contributed by atoms with Crippen LogP contribution in [0.15, 0.2) is 85.1 Å². The van der Waals surface area contributed by atoms with Crippen molar-refractivity contribution in [3.05, 3.63) is 113 Å². The molecule has 2 fully saturated rings. The van der Waals surface area contributed by atoms with Crippen molar-refractivity contribution in [2.45, 2.75) is 33.1 Å². The first-order valence-corrected chi connectivity index (χ1v) is 18.4. The van der Waals surface area contributed by atoms with Crippen LogP contribution in [-0.4, -0.2) is 59.6 Å². The Bertz CT molecular complexity index is 2310. The lowest BCUT2D eigenvalue weighted by atomic mass is 9.73. The Morgan fingerprint density at radius 3 is 2.57 bits per heavy atom. The number of hydrogen-bond donors (Lipinski definition) is 2. The van der Waals surface area contributed by atoms with Crippen molar-refractivity contribution >= 4 is 51.4 Å². The van der Waals surface area contributed by atoms with Gasteiger partial charge in [-0.15, -0.1) is 11.3 Å². The Morgan fingerprint density at radius 2 is 1.76 bits per heavy atom. The molecule has 3 aromatic heterocycles. The number of aryl methyl sites for hydroxylation is 2. The van der Waals surface area contributed by atoms with Crippen LogP contribution in [-0.2, 0) is 11.2 Å². The molecule has 6 aromatic rings. The minimum Gasteiger partial charge on any atom is -0.381 e. The lowest BCUT2D eigenvalue weighted by molar-refractivity contribution is -0.000510. The molecule has 2 saturated heterocycles. The number of fused-ring (bicyclic) bond motifs is 4. The highest BCUT2D eigenvalue weighted by atomic mass is 32.1. The summed E-state index contributed by atoms with van der Waals surface area (Å²) in [5.74, 6) is 1.30. The number of nitrogens with one attached hydrogen (secondary N) is 2. The van der Waals surface area contributed by atoms with Crippen molar-refractivity contribution in [3.8, 4) is 21.1 Å². The number of imidazole rings is 1. The maximum Gasteiger partial charge on any atom is 0.259 e. The maximum atomic E-state index is 14.1. The third-order valence-electron chi connectivity index (χ3n) is 10.6. The summed E-state index contributed by atoms with van der Waals surface area (Å²) in [4.78, 5) is 47.1. The number of thiophene rings is 1. The topological polar surface area (TPSA) is 103 Å². The van der Waals surface area contributed by atoms with Crippen LogP contribution in [0.1, 0.15) is 50.2 Å². The van der Waals surface area contributed by atoms with Crippen LogP contribution in [0.3, 0.4) is 0 Å². The third-order valence-corrected chi connectivity index (χ3v) is 11.8. The summed E-state index contributed by atoms with van der Waals surface area (Å²) < 4.78 is 5.58. The van der Waals surface area contributed by atoms with E-state index in [1.807, 2.05) is 54.4 Å². The normalized spacial score (nSPS) is 16.4. The molecular weight excluding hydrogens is 657 g/mol. The molecule has 9 rings (SSSR count). The molecule has 3 aliphatic rings. The zero-order valence-electron chi connectivity index (χ0n) is 28.7. The summed E-state index contributed by atoms with van der Waals surface area (Å²) in [5.41, 5.74) is 9.27. The van der Waals surface area contributed by atoms with Gasteiger partial charge in [-0.2, -0.15) is 0 Å². The molecule has 6 heterocycles. The molecule has 3 aromatic carbocycles. The van der Waals surface area contributed by atoms with Crippen LogP contribution in [0.5, 0.6) is 0 Å². The SMILES string of the molecule is Cc1cnc(N2CC3(CCOCC3)C2)c(C(=O)Nc2ccc(C(=O)N3CCc4cc(-c5nc6cccc(C)c6[nH]5)sc4-c4ccccc43)cc2)c1. The first kappa shape index (κ1) is 31.6. The second-order valence-corrected chi connectivity index (χ2v) is 15.2. The van der Waals surface area contributed by atoms with E-state index in [1.54, 1.807) is 35.6 Å². The lowest BCUT2D eigenvalue weighted by Crippen LogP contribution is -2.59. The molecule has 9 nitrogen and oxygen atoms in total. The molecule has 0 aliphatic carbocycles. The van der Waals surface area contributed by atoms with Gasteiger partial charge in [-0.3, -0.25) is 9.59 Å². The predicted octanol–water partition coefficient (Wildman–Crippen LogP) is 8.04. The third kappa shape index (κ3) is 5.68. The van der Waals surface area contributed by atoms with Gasteiger partial charge < -0.3 is 24.8 Å².